The Kier molecular flexibility index (Phi) is 3.05. The van der Waals surface area contributed by atoms with E-state index in [1.165, 1.54) is 4.90 Å². The van der Waals surface area contributed by atoms with Gasteiger partial charge in [0.2, 0.25) is 5.91 Å². The molecule has 2 aliphatic rings. The van der Waals surface area contributed by atoms with Crippen molar-refractivity contribution in [1.82, 2.24) is 24.5 Å². The van der Waals surface area contributed by atoms with Crippen LogP contribution in [-0.4, -0.2) is 42.9 Å². The van der Waals surface area contributed by atoms with Crippen molar-refractivity contribution in [3.63, 3.8) is 0 Å². The van der Waals surface area contributed by atoms with Gasteiger partial charge in [-0.05, 0) is 24.6 Å². The normalized spacial score (nSPS) is 23.9. The number of aromatic nitrogens is 4. The van der Waals surface area contributed by atoms with Gasteiger partial charge in [-0.15, -0.1) is 0 Å². The number of fused-ring (bicyclic) bond motifs is 2. The molecule has 8 heteroatoms. The Morgan fingerprint density at radius 1 is 1.42 bits per heavy atom. The van der Waals surface area contributed by atoms with Gasteiger partial charge in [-0.25, -0.2) is 18.3 Å². The average Bonchev–Trinajstić information content (AvgIpc) is 2.99. The summed E-state index contributed by atoms with van der Waals surface area (Å²) >= 11 is 0. The monoisotopic (exact) mass is 357 g/mol. The number of aromatic amines is 1. The van der Waals surface area contributed by atoms with E-state index in [4.69, 9.17) is 0 Å². The molecule has 1 aliphatic carbocycles. The molecule has 1 unspecified atom stereocenters. The SMILES string of the molecule is Cc1cccn2nc(C3c4nc[nH]c4CCN3C(=O)[C@H]3CC3(F)F)cc12. The lowest BCUT2D eigenvalue weighted by molar-refractivity contribution is -0.137. The molecule has 3 aromatic heterocycles. The van der Waals surface area contributed by atoms with Crippen molar-refractivity contribution in [2.24, 2.45) is 5.92 Å². The first-order chi connectivity index (χ1) is 12.5. The molecular weight excluding hydrogens is 340 g/mol. The van der Waals surface area contributed by atoms with Gasteiger partial charge < -0.3 is 9.88 Å². The van der Waals surface area contributed by atoms with Crippen LogP contribution < -0.4 is 0 Å². The molecule has 0 bridgehead atoms. The third kappa shape index (κ3) is 2.17. The van der Waals surface area contributed by atoms with Gasteiger partial charge in [0.15, 0.2) is 0 Å². The van der Waals surface area contributed by atoms with Gasteiger partial charge in [-0.2, -0.15) is 5.10 Å². The summed E-state index contributed by atoms with van der Waals surface area (Å²) in [7, 11) is 0. The van der Waals surface area contributed by atoms with Gasteiger partial charge in [0.05, 0.1) is 23.2 Å². The van der Waals surface area contributed by atoms with Gasteiger partial charge >= 0.3 is 0 Å². The largest absolute Gasteiger partial charge is 0.348 e. The standard InChI is InChI=1S/C18H17F2N5O/c1-10-3-2-5-25-14(10)7-13(23-25)16-15-12(21-9-22-15)4-6-24(16)17(26)11-8-18(11,19)20/h2-3,5,7,9,11,16H,4,6,8H2,1H3,(H,21,22)/t11-,16?/m1/s1. The van der Waals surface area contributed by atoms with E-state index in [-0.39, 0.29) is 6.42 Å². The predicted octanol–water partition coefficient (Wildman–Crippen LogP) is 2.50. The van der Waals surface area contributed by atoms with Crippen LogP contribution in [0.25, 0.3) is 5.52 Å². The molecule has 0 aromatic carbocycles. The third-order valence-corrected chi connectivity index (χ3v) is 5.34. The predicted molar refractivity (Wildman–Crippen MR) is 88.8 cm³/mol. The number of aryl methyl sites for hydroxylation is 1. The van der Waals surface area contributed by atoms with E-state index in [0.29, 0.717) is 24.4 Å². The number of halogens is 2. The number of H-pyrrole nitrogens is 1. The smallest absolute Gasteiger partial charge is 0.260 e. The van der Waals surface area contributed by atoms with Gasteiger partial charge in [-0.1, -0.05) is 6.07 Å². The molecule has 2 atom stereocenters. The molecule has 1 aliphatic heterocycles. The van der Waals surface area contributed by atoms with Gasteiger partial charge in [0, 0.05) is 31.3 Å². The van der Waals surface area contributed by atoms with Gasteiger partial charge in [-0.3, -0.25) is 4.79 Å². The number of alkyl halides is 2. The van der Waals surface area contributed by atoms with Crippen LogP contribution in [0.5, 0.6) is 0 Å². The zero-order valence-electron chi connectivity index (χ0n) is 14.1. The van der Waals surface area contributed by atoms with Crippen molar-refractivity contribution in [1.29, 1.82) is 0 Å². The molecule has 1 amide bonds. The van der Waals surface area contributed by atoms with Crippen molar-refractivity contribution in [2.75, 3.05) is 6.54 Å². The van der Waals surface area contributed by atoms with Crippen LogP contribution in [0.1, 0.15) is 35.1 Å². The third-order valence-electron chi connectivity index (χ3n) is 5.34. The van der Waals surface area contributed by atoms with E-state index < -0.39 is 23.8 Å². The van der Waals surface area contributed by atoms with Crippen LogP contribution in [0.15, 0.2) is 30.7 Å². The molecule has 1 saturated carbocycles. The van der Waals surface area contributed by atoms with E-state index in [1.54, 1.807) is 10.8 Å². The number of imidazole rings is 1. The van der Waals surface area contributed by atoms with Gasteiger partial charge in [0.1, 0.15) is 12.0 Å². The maximum Gasteiger partial charge on any atom is 0.260 e. The summed E-state index contributed by atoms with van der Waals surface area (Å²) in [4.78, 5) is 21.7. The summed E-state index contributed by atoms with van der Waals surface area (Å²) in [6.07, 6.45) is 3.62. The minimum absolute atomic E-state index is 0.368. The Morgan fingerprint density at radius 3 is 2.96 bits per heavy atom. The van der Waals surface area contributed by atoms with E-state index in [0.717, 1.165) is 16.8 Å². The highest BCUT2D eigenvalue weighted by atomic mass is 19.3. The van der Waals surface area contributed by atoms with Crippen LogP contribution in [0.4, 0.5) is 8.78 Å². The Hall–Kier alpha value is -2.77. The van der Waals surface area contributed by atoms with Crippen LogP contribution in [0.3, 0.4) is 0 Å². The highest BCUT2D eigenvalue weighted by Gasteiger charge is 2.63. The van der Waals surface area contributed by atoms with Crippen molar-refractivity contribution in [3.05, 3.63) is 53.4 Å². The first-order valence-corrected chi connectivity index (χ1v) is 8.61. The van der Waals surface area contributed by atoms with Crippen LogP contribution in [-0.2, 0) is 11.2 Å². The highest BCUT2D eigenvalue weighted by Crippen LogP contribution is 2.51. The first-order valence-electron chi connectivity index (χ1n) is 8.61. The summed E-state index contributed by atoms with van der Waals surface area (Å²) in [5, 5.41) is 4.61. The molecule has 4 heterocycles. The number of carbonyl (C=O) groups is 1. The molecule has 134 valence electrons. The lowest BCUT2D eigenvalue weighted by Crippen LogP contribution is -2.42. The fraction of sp³-hybridized carbons (Fsp3) is 0.389. The number of amides is 1. The van der Waals surface area contributed by atoms with Crippen molar-refractivity contribution >= 4 is 11.4 Å². The number of pyridine rings is 1. The second-order valence-electron chi connectivity index (χ2n) is 7.06. The minimum Gasteiger partial charge on any atom is -0.348 e. The average molecular weight is 357 g/mol. The molecule has 26 heavy (non-hydrogen) atoms. The molecule has 0 spiro atoms. The minimum atomic E-state index is -2.89. The Balaban J connectivity index is 1.61. The Bertz CT molecular complexity index is 1020. The van der Waals surface area contributed by atoms with Crippen molar-refractivity contribution < 1.29 is 13.6 Å². The summed E-state index contributed by atoms with van der Waals surface area (Å²) in [5.74, 6) is -4.62. The van der Waals surface area contributed by atoms with Crippen molar-refractivity contribution in [2.45, 2.75) is 31.7 Å². The molecule has 0 radical (unpaired) electrons. The molecular formula is C18H17F2N5O. The summed E-state index contributed by atoms with van der Waals surface area (Å²) in [6, 6.07) is 5.24. The first kappa shape index (κ1) is 15.5. The molecule has 0 saturated heterocycles. The summed E-state index contributed by atoms with van der Waals surface area (Å²) < 4.78 is 28.7. The molecule has 3 aromatic rings. The lowest BCUT2D eigenvalue weighted by Gasteiger charge is -2.34. The van der Waals surface area contributed by atoms with Crippen molar-refractivity contribution in [3.8, 4) is 0 Å². The highest BCUT2D eigenvalue weighted by molar-refractivity contribution is 5.84. The molecule has 1 fully saturated rings. The van der Waals surface area contributed by atoms with E-state index in [1.807, 2.05) is 31.3 Å². The number of hydrogen-bond acceptors (Lipinski definition) is 3. The Labute approximate surface area is 147 Å². The number of hydrogen-bond donors (Lipinski definition) is 1. The number of carbonyl (C=O) groups excluding carboxylic acids is 1. The topological polar surface area (TPSA) is 66.3 Å². The second kappa shape index (κ2) is 5.12. The summed E-state index contributed by atoms with van der Waals surface area (Å²) in [6.45, 7) is 2.35. The maximum atomic E-state index is 13.5. The molecule has 6 nitrogen and oxygen atoms in total. The fourth-order valence-corrected chi connectivity index (χ4v) is 3.80. The van der Waals surface area contributed by atoms with E-state index >= 15 is 0 Å². The number of nitrogens with zero attached hydrogens (tertiary/aromatic N) is 4. The summed E-state index contributed by atoms with van der Waals surface area (Å²) in [5.41, 5.74) is 4.24. The molecule has 5 rings (SSSR count). The zero-order valence-corrected chi connectivity index (χ0v) is 14.1. The van der Waals surface area contributed by atoms with Gasteiger partial charge in [0.25, 0.3) is 5.92 Å². The lowest BCUT2D eigenvalue weighted by atomic mass is 9.99. The molecule has 1 N–H and O–H groups in total. The van der Waals surface area contributed by atoms with E-state index in [9.17, 15) is 13.6 Å². The fourth-order valence-electron chi connectivity index (χ4n) is 3.80. The van der Waals surface area contributed by atoms with Crippen LogP contribution in [0.2, 0.25) is 0 Å². The van der Waals surface area contributed by atoms with Crippen LogP contribution >= 0.6 is 0 Å². The number of nitrogens with one attached hydrogen (secondary N) is 1. The Morgan fingerprint density at radius 2 is 2.23 bits per heavy atom. The number of rotatable bonds is 2. The van der Waals surface area contributed by atoms with Crippen LogP contribution in [0, 0.1) is 12.8 Å². The quantitative estimate of drug-likeness (QED) is 0.766. The maximum absolute atomic E-state index is 13.5. The zero-order chi connectivity index (χ0) is 18.1. The second-order valence-corrected chi connectivity index (χ2v) is 7.06. The van der Waals surface area contributed by atoms with E-state index in [2.05, 4.69) is 15.1 Å².